The summed E-state index contributed by atoms with van der Waals surface area (Å²) in [6.07, 6.45) is 0.385. The van der Waals surface area contributed by atoms with E-state index < -0.39 is 6.10 Å². The molecule has 5 heteroatoms. The third-order valence-corrected chi connectivity index (χ3v) is 4.71. The zero-order valence-electron chi connectivity index (χ0n) is 13.6. The van der Waals surface area contributed by atoms with Crippen molar-refractivity contribution in [1.82, 2.24) is 4.90 Å². The van der Waals surface area contributed by atoms with E-state index in [1.807, 2.05) is 37.3 Å². The summed E-state index contributed by atoms with van der Waals surface area (Å²) in [6, 6.07) is 9.94. The molecule has 1 aromatic rings. The highest BCUT2D eigenvalue weighted by atomic mass is 16.5. The maximum Gasteiger partial charge on any atom is 0.251 e. The number of benzene rings is 1. The highest BCUT2D eigenvalue weighted by molar-refractivity contribution is 5.81. The molecule has 0 aliphatic carbocycles. The monoisotopic (exact) mass is 319 g/mol. The Kier molecular flexibility index (Phi) is 5.30. The van der Waals surface area contributed by atoms with E-state index >= 15 is 0 Å². The van der Waals surface area contributed by atoms with Crippen LogP contribution in [0.1, 0.15) is 31.4 Å². The molecule has 0 spiro atoms. The Labute approximate surface area is 137 Å². The number of aliphatic hydroxyl groups is 1. The minimum absolute atomic E-state index is 0.00424. The third-order valence-electron chi connectivity index (χ3n) is 4.71. The number of amides is 1. The van der Waals surface area contributed by atoms with E-state index in [0.717, 1.165) is 18.4 Å². The van der Waals surface area contributed by atoms with Crippen LogP contribution in [0.5, 0.6) is 0 Å². The van der Waals surface area contributed by atoms with Crippen molar-refractivity contribution in [2.24, 2.45) is 5.92 Å². The first-order valence-electron chi connectivity index (χ1n) is 8.40. The van der Waals surface area contributed by atoms with Gasteiger partial charge in [-0.05, 0) is 31.2 Å². The van der Waals surface area contributed by atoms with Gasteiger partial charge in [0.15, 0.2) is 0 Å². The molecular formula is C18H25NO4. The van der Waals surface area contributed by atoms with E-state index in [9.17, 15) is 9.90 Å². The van der Waals surface area contributed by atoms with Gasteiger partial charge in [0.2, 0.25) is 0 Å². The largest absolute Gasteiger partial charge is 0.383 e. The van der Waals surface area contributed by atoms with Gasteiger partial charge in [-0.3, -0.25) is 4.79 Å². The minimum Gasteiger partial charge on any atom is -0.383 e. The summed E-state index contributed by atoms with van der Waals surface area (Å²) in [5.41, 5.74) is 1.07. The number of morpholine rings is 1. The Morgan fingerprint density at radius 1 is 1.22 bits per heavy atom. The van der Waals surface area contributed by atoms with Crippen LogP contribution in [0, 0.1) is 5.92 Å². The molecule has 3 atom stereocenters. The second-order valence-corrected chi connectivity index (χ2v) is 6.48. The van der Waals surface area contributed by atoms with E-state index in [1.54, 1.807) is 4.90 Å². The highest BCUT2D eigenvalue weighted by Gasteiger charge is 2.35. The van der Waals surface area contributed by atoms with Crippen LogP contribution in [0.25, 0.3) is 0 Å². The molecule has 5 nitrogen and oxygen atoms in total. The van der Waals surface area contributed by atoms with Crippen LogP contribution >= 0.6 is 0 Å². The molecule has 1 aromatic carbocycles. The van der Waals surface area contributed by atoms with E-state index in [1.165, 1.54) is 0 Å². The van der Waals surface area contributed by atoms with Crippen LogP contribution in [0.3, 0.4) is 0 Å². The number of carbonyl (C=O) groups excluding carboxylic acids is 1. The van der Waals surface area contributed by atoms with Crippen LogP contribution in [-0.2, 0) is 14.3 Å². The minimum atomic E-state index is -0.930. The average Bonchev–Trinajstić information content (AvgIpc) is 2.61. The average molecular weight is 319 g/mol. The maximum atomic E-state index is 12.7. The van der Waals surface area contributed by atoms with E-state index in [0.29, 0.717) is 26.3 Å². The molecule has 2 aliphatic rings. The standard InChI is InChI=1S/C18H25NO4/c1-13-11-19(12-16(23-13)14-5-3-2-4-6-14)18(21)17(20)15-7-9-22-10-8-15/h2-6,13,15-17,20H,7-12H2,1H3. The SMILES string of the molecule is CC1CN(C(=O)C(O)C2CCOCC2)CC(c2ccccc2)O1. The van der Waals surface area contributed by atoms with Crippen LogP contribution < -0.4 is 0 Å². The summed E-state index contributed by atoms with van der Waals surface area (Å²) >= 11 is 0. The van der Waals surface area contributed by atoms with Crippen molar-refractivity contribution in [3.63, 3.8) is 0 Å². The first-order chi connectivity index (χ1) is 11.1. The first-order valence-corrected chi connectivity index (χ1v) is 8.40. The number of hydrogen-bond acceptors (Lipinski definition) is 4. The Morgan fingerprint density at radius 2 is 1.91 bits per heavy atom. The van der Waals surface area contributed by atoms with Crippen LogP contribution in [0.2, 0.25) is 0 Å². The topological polar surface area (TPSA) is 59.0 Å². The predicted molar refractivity (Wildman–Crippen MR) is 85.9 cm³/mol. The number of ether oxygens (including phenoxy) is 2. The van der Waals surface area contributed by atoms with Gasteiger partial charge in [0.25, 0.3) is 5.91 Å². The molecule has 2 fully saturated rings. The van der Waals surface area contributed by atoms with Crippen LogP contribution in [0.15, 0.2) is 30.3 Å². The second-order valence-electron chi connectivity index (χ2n) is 6.48. The fourth-order valence-corrected chi connectivity index (χ4v) is 3.40. The van der Waals surface area contributed by atoms with Gasteiger partial charge in [-0.15, -0.1) is 0 Å². The predicted octanol–water partition coefficient (Wildman–Crippen LogP) is 1.76. The van der Waals surface area contributed by atoms with Crippen molar-refractivity contribution in [3.8, 4) is 0 Å². The summed E-state index contributed by atoms with van der Waals surface area (Å²) in [7, 11) is 0. The van der Waals surface area contributed by atoms with Crippen LogP contribution in [-0.4, -0.2) is 54.4 Å². The molecule has 1 N–H and O–H groups in total. The Hall–Kier alpha value is -1.43. The normalized spacial score (nSPS) is 27.7. The lowest BCUT2D eigenvalue weighted by molar-refractivity contribution is -0.157. The lowest BCUT2D eigenvalue weighted by Gasteiger charge is -2.39. The summed E-state index contributed by atoms with van der Waals surface area (Å²) in [5.74, 6) is -0.169. The first kappa shape index (κ1) is 16.4. The molecule has 1 amide bonds. The summed E-state index contributed by atoms with van der Waals surface area (Å²) in [6.45, 7) is 4.24. The van der Waals surface area contributed by atoms with Crippen molar-refractivity contribution in [2.45, 2.75) is 38.1 Å². The fraction of sp³-hybridized carbons (Fsp3) is 0.611. The van der Waals surface area contributed by atoms with Crippen molar-refractivity contribution < 1.29 is 19.4 Å². The fourth-order valence-electron chi connectivity index (χ4n) is 3.40. The highest BCUT2D eigenvalue weighted by Crippen LogP contribution is 2.27. The molecule has 126 valence electrons. The molecule has 3 rings (SSSR count). The molecule has 0 saturated carbocycles. The quantitative estimate of drug-likeness (QED) is 0.922. The van der Waals surface area contributed by atoms with Gasteiger partial charge < -0.3 is 19.5 Å². The van der Waals surface area contributed by atoms with E-state index in [-0.39, 0.29) is 24.0 Å². The number of carbonyl (C=O) groups is 1. The van der Waals surface area contributed by atoms with Crippen molar-refractivity contribution in [1.29, 1.82) is 0 Å². The molecule has 2 aliphatic heterocycles. The lowest BCUT2D eigenvalue weighted by Crippen LogP contribution is -2.51. The summed E-state index contributed by atoms with van der Waals surface area (Å²) in [4.78, 5) is 14.5. The smallest absolute Gasteiger partial charge is 0.251 e. The van der Waals surface area contributed by atoms with Gasteiger partial charge >= 0.3 is 0 Å². The maximum absolute atomic E-state index is 12.7. The molecule has 2 heterocycles. The lowest BCUT2D eigenvalue weighted by atomic mass is 9.92. The molecule has 0 bridgehead atoms. The van der Waals surface area contributed by atoms with Gasteiger partial charge in [0.05, 0.1) is 12.6 Å². The van der Waals surface area contributed by atoms with Crippen molar-refractivity contribution in [3.05, 3.63) is 35.9 Å². The number of aliphatic hydroxyl groups excluding tert-OH is 1. The van der Waals surface area contributed by atoms with E-state index in [4.69, 9.17) is 9.47 Å². The van der Waals surface area contributed by atoms with Crippen LogP contribution in [0.4, 0.5) is 0 Å². The number of rotatable bonds is 3. The number of hydrogen-bond donors (Lipinski definition) is 1. The van der Waals surface area contributed by atoms with Gasteiger partial charge in [-0.25, -0.2) is 0 Å². The zero-order chi connectivity index (χ0) is 16.2. The molecule has 0 radical (unpaired) electrons. The Morgan fingerprint density at radius 3 is 2.61 bits per heavy atom. The molecule has 0 aromatic heterocycles. The third kappa shape index (κ3) is 3.91. The summed E-state index contributed by atoms with van der Waals surface area (Å²) in [5, 5.41) is 10.5. The molecule has 2 saturated heterocycles. The zero-order valence-corrected chi connectivity index (χ0v) is 13.6. The molecule has 3 unspecified atom stereocenters. The van der Waals surface area contributed by atoms with Crippen molar-refractivity contribution in [2.75, 3.05) is 26.3 Å². The van der Waals surface area contributed by atoms with Gasteiger partial charge in [-0.1, -0.05) is 30.3 Å². The van der Waals surface area contributed by atoms with E-state index in [2.05, 4.69) is 0 Å². The number of nitrogens with zero attached hydrogens (tertiary/aromatic N) is 1. The second kappa shape index (κ2) is 7.43. The Balaban J connectivity index is 1.67. The summed E-state index contributed by atoms with van der Waals surface area (Å²) < 4.78 is 11.3. The molecular weight excluding hydrogens is 294 g/mol. The van der Waals surface area contributed by atoms with Gasteiger partial charge in [0, 0.05) is 19.8 Å². The van der Waals surface area contributed by atoms with Crippen molar-refractivity contribution >= 4 is 5.91 Å². The van der Waals surface area contributed by atoms with Gasteiger partial charge in [-0.2, -0.15) is 0 Å². The Bertz CT molecular complexity index is 515. The van der Waals surface area contributed by atoms with Gasteiger partial charge in [0.1, 0.15) is 12.2 Å². The molecule has 23 heavy (non-hydrogen) atoms.